The number of nitrogens with zero attached hydrogens (tertiary/aromatic N) is 1. The highest BCUT2D eigenvalue weighted by atomic mass is 19.1. The van der Waals surface area contributed by atoms with E-state index >= 15 is 0 Å². The molecule has 0 radical (unpaired) electrons. The smallest absolute Gasteiger partial charge is 0.329 e. The van der Waals surface area contributed by atoms with Gasteiger partial charge in [0.1, 0.15) is 18.1 Å². The van der Waals surface area contributed by atoms with Crippen LogP contribution in [-0.2, 0) is 11.4 Å². The predicted molar refractivity (Wildman–Crippen MR) is 119 cm³/mol. The molecular formula is C25H27FN2O4. The summed E-state index contributed by atoms with van der Waals surface area (Å²) < 4.78 is 24.7. The Morgan fingerprint density at radius 2 is 1.78 bits per heavy atom. The number of amides is 3. The van der Waals surface area contributed by atoms with Gasteiger partial charge in [-0.1, -0.05) is 37.5 Å². The van der Waals surface area contributed by atoms with Gasteiger partial charge in [0.05, 0.1) is 6.61 Å². The molecule has 1 heterocycles. The van der Waals surface area contributed by atoms with E-state index in [2.05, 4.69) is 5.32 Å². The zero-order valence-corrected chi connectivity index (χ0v) is 18.1. The van der Waals surface area contributed by atoms with Gasteiger partial charge in [0.15, 0.2) is 11.5 Å². The molecule has 0 atom stereocenters. The van der Waals surface area contributed by atoms with E-state index in [1.165, 1.54) is 17.0 Å². The largest absolute Gasteiger partial charge is 0.490 e. The van der Waals surface area contributed by atoms with E-state index in [0.29, 0.717) is 18.1 Å². The Labute approximate surface area is 187 Å². The predicted octanol–water partition coefficient (Wildman–Crippen LogP) is 5.03. The van der Waals surface area contributed by atoms with Crippen molar-refractivity contribution in [2.75, 3.05) is 6.61 Å². The Morgan fingerprint density at radius 1 is 1.03 bits per heavy atom. The number of ether oxygens (including phenoxy) is 2. The first-order chi connectivity index (χ1) is 15.5. The van der Waals surface area contributed by atoms with Crippen LogP contribution in [0.1, 0.15) is 50.2 Å². The third-order valence-electron chi connectivity index (χ3n) is 5.74. The number of imide groups is 1. The van der Waals surface area contributed by atoms with Crippen molar-refractivity contribution in [3.8, 4) is 11.5 Å². The van der Waals surface area contributed by atoms with Crippen LogP contribution in [0.4, 0.5) is 9.18 Å². The summed E-state index contributed by atoms with van der Waals surface area (Å²) >= 11 is 0. The molecule has 2 aliphatic rings. The van der Waals surface area contributed by atoms with Crippen molar-refractivity contribution >= 4 is 18.0 Å². The van der Waals surface area contributed by atoms with Crippen molar-refractivity contribution in [2.45, 2.75) is 51.7 Å². The molecule has 0 aromatic heterocycles. The van der Waals surface area contributed by atoms with Gasteiger partial charge >= 0.3 is 6.03 Å². The quantitative estimate of drug-likeness (QED) is 0.486. The van der Waals surface area contributed by atoms with Gasteiger partial charge in [0.25, 0.3) is 5.91 Å². The summed E-state index contributed by atoms with van der Waals surface area (Å²) in [6, 6.07) is 11.1. The average molecular weight is 438 g/mol. The molecule has 0 spiro atoms. The van der Waals surface area contributed by atoms with Crippen LogP contribution in [0.5, 0.6) is 11.5 Å². The highest BCUT2D eigenvalue weighted by Gasteiger charge is 2.38. The molecule has 2 aromatic rings. The van der Waals surface area contributed by atoms with Gasteiger partial charge in [-0.3, -0.25) is 9.69 Å². The van der Waals surface area contributed by atoms with Crippen LogP contribution < -0.4 is 14.8 Å². The molecule has 2 fully saturated rings. The van der Waals surface area contributed by atoms with Gasteiger partial charge in [-0.05, 0) is 61.2 Å². The Balaban J connectivity index is 1.50. The van der Waals surface area contributed by atoms with Crippen LogP contribution in [-0.4, -0.2) is 29.5 Å². The summed E-state index contributed by atoms with van der Waals surface area (Å²) in [5, 5.41) is 2.71. The minimum Gasteiger partial charge on any atom is -0.490 e. The molecule has 4 rings (SSSR count). The molecular weight excluding hydrogens is 411 g/mol. The van der Waals surface area contributed by atoms with E-state index in [1.807, 2.05) is 6.92 Å². The van der Waals surface area contributed by atoms with Crippen LogP contribution >= 0.6 is 0 Å². The van der Waals surface area contributed by atoms with Crippen molar-refractivity contribution < 1.29 is 23.5 Å². The number of halogens is 1. The van der Waals surface area contributed by atoms with Crippen molar-refractivity contribution in [3.05, 3.63) is 65.1 Å². The highest BCUT2D eigenvalue weighted by molar-refractivity contribution is 6.14. The summed E-state index contributed by atoms with van der Waals surface area (Å²) in [5.41, 5.74) is 1.82. The number of hydrogen-bond donors (Lipinski definition) is 1. The maximum absolute atomic E-state index is 13.1. The zero-order chi connectivity index (χ0) is 22.5. The van der Waals surface area contributed by atoms with Gasteiger partial charge in [0, 0.05) is 6.04 Å². The maximum atomic E-state index is 13.1. The lowest BCUT2D eigenvalue weighted by atomic mass is 9.94. The first-order valence-electron chi connectivity index (χ1n) is 11.1. The lowest BCUT2D eigenvalue weighted by Gasteiger charge is -2.28. The molecule has 7 heteroatoms. The number of nitrogens with one attached hydrogen (secondary N) is 1. The van der Waals surface area contributed by atoms with Crippen LogP contribution in [0.15, 0.2) is 48.2 Å². The van der Waals surface area contributed by atoms with Crippen molar-refractivity contribution in [3.63, 3.8) is 0 Å². The van der Waals surface area contributed by atoms with Crippen LogP contribution in [0.3, 0.4) is 0 Å². The van der Waals surface area contributed by atoms with E-state index in [9.17, 15) is 14.0 Å². The van der Waals surface area contributed by atoms with Crippen molar-refractivity contribution in [1.82, 2.24) is 10.2 Å². The first-order valence-corrected chi connectivity index (χ1v) is 11.1. The van der Waals surface area contributed by atoms with Crippen molar-refractivity contribution in [2.24, 2.45) is 0 Å². The average Bonchev–Trinajstić information content (AvgIpc) is 3.08. The molecule has 1 aliphatic heterocycles. The first kappa shape index (κ1) is 21.9. The third-order valence-corrected chi connectivity index (χ3v) is 5.74. The van der Waals surface area contributed by atoms with E-state index in [0.717, 1.165) is 43.2 Å². The number of hydrogen-bond acceptors (Lipinski definition) is 4. The minimum atomic E-state index is -0.350. The van der Waals surface area contributed by atoms with Crippen LogP contribution in [0.2, 0.25) is 0 Å². The molecule has 3 amide bonds. The SMILES string of the molecule is CCOc1cc(/C=C2\NC(=O)N(C3CCCCC3)C2=O)ccc1OCc1ccc(F)cc1. The minimum absolute atomic E-state index is 0.0247. The molecule has 2 aromatic carbocycles. The fourth-order valence-corrected chi connectivity index (χ4v) is 4.13. The van der Waals surface area contributed by atoms with Gasteiger partial charge in [-0.25, -0.2) is 9.18 Å². The number of carbonyl (C=O) groups excluding carboxylic acids is 2. The second kappa shape index (κ2) is 9.85. The molecule has 1 saturated heterocycles. The maximum Gasteiger partial charge on any atom is 0.329 e. The second-order valence-corrected chi connectivity index (χ2v) is 8.01. The molecule has 0 unspecified atom stereocenters. The third kappa shape index (κ3) is 4.93. The topological polar surface area (TPSA) is 67.9 Å². The van der Waals surface area contributed by atoms with Crippen LogP contribution in [0.25, 0.3) is 6.08 Å². The van der Waals surface area contributed by atoms with Gasteiger partial charge in [0.2, 0.25) is 0 Å². The summed E-state index contributed by atoms with van der Waals surface area (Å²) in [6.45, 7) is 2.58. The molecule has 1 N–H and O–H groups in total. The molecule has 1 aliphatic carbocycles. The summed E-state index contributed by atoms with van der Waals surface area (Å²) in [7, 11) is 0. The highest BCUT2D eigenvalue weighted by Crippen LogP contribution is 2.31. The van der Waals surface area contributed by atoms with E-state index in [-0.39, 0.29) is 36.1 Å². The summed E-state index contributed by atoms with van der Waals surface area (Å²) in [5.74, 6) is 0.502. The van der Waals surface area contributed by atoms with Gasteiger partial charge < -0.3 is 14.8 Å². The Morgan fingerprint density at radius 3 is 2.50 bits per heavy atom. The zero-order valence-electron chi connectivity index (χ0n) is 18.1. The lowest BCUT2D eigenvalue weighted by molar-refractivity contribution is -0.124. The second-order valence-electron chi connectivity index (χ2n) is 8.01. The van der Waals surface area contributed by atoms with Crippen LogP contribution in [0, 0.1) is 5.82 Å². The molecule has 0 bridgehead atoms. The number of urea groups is 1. The standard InChI is InChI=1S/C25H27FN2O4/c1-2-31-23-15-18(10-13-22(23)32-16-17-8-11-19(26)12-9-17)14-21-24(29)28(25(30)27-21)20-6-4-3-5-7-20/h8-15,20H,2-7,16H2,1H3,(H,27,30)/b21-14-. The summed E-state index contributed by atoms with van der Waals surface area (Å²) in [6.07, 6.45) is 6.62. The Hall–Kier alpha value is -3.35. The molecule has 32 heavy (non-hydrogen) atoms. The lowest BCUT2D eigenvalue weighted by Crippen LogP contribution is -2.41. The van der Waals surface area contributed by atoms with E-state index in [4.69, 9.17) is 9.47 Å². The Kier molecular flexibility index (Phi) is 6.73. The number of carbonyl (C=O) groups is 2. The number of benzene rings is 2. The summed E-state index contributed by atoms with van der Waals surface area (Å²) in [4.78, 5) is 26.7. The van der Waals surface area contributed by atoms with Gasteiger partial charge in [-0.15, -0.1) is 0 Å². The normalized spacial score (nSPS) is 18.2. The van der Waals surface area contributed by atoms with E-state index < -0.39 is 0 Å². The molecule has 6 nitrogen and oxygen atoms in total. The number of rotatable bonds is 7. The van der Waals surface area contributed by atoms with Crippen molar-refractivity contribution in [1.29, 1.82) is 0 Å². The van der Waals surface area contributed by atoms with Gasteiger partial charge in [-0.2, -0.15) is 0 Å². The molecule has 1 saturated carbocycles. The van der Waals surface area contributed by atoms with E-state index in [1.54, 1.807) is 36.4 Å². The molecule has 168 valence electrons. The monoisotopic (exact) mass is 438 g/mol. The fraction of sp³-hybridized carbons (Fsp3) is 0.360. The fourth-order valence-electron chi connectivity index (χ4n) is 4.13. The Bertz CT molecular complexity index is 1010.